The number of nitrogens with zero attached hydrogens (tertiary/aromatic N) is 1. The van der Waals surface area contributed by atoms with Crippen molar-refractivity contribution in [2.45, 2.75) is 0 Å². The second kappa shape index (κ2) is 5.34. The van der Waals surface area contributed by atoms with E-state index < -0.39 is 11.8 Å². The summed E-state index contributed by atoms with van der Waals surface area (Å²) in [5.74, 6) is -0.849. The van der Waals surface area contributed by atoms with E-state index in [1.807, 2.05) is 24.4 Å². The molecule has 0 aliphatic carbocycles. The number of hydrogen-bond donors (Lipinski definition) is 3. The number of carbonyl (C=O) groups excluding carboxylic acids is 2. The molecule has 1 aliphatic rings. The van der Waals surface area contributed by atoms with Crippen molar-refractivity contribution in [2.75, 3.05) is 18.5 Å². The number of anilines is 1. The molecule has 0 saturated heterocycles. The van der Waals surface area contributed by atoms with Crippen LogP contribution in [0.1, 0.15) is 0 Å². The second-order valence-corrected chi connectivity index (χ2v) is 5.46. The van der Waals surface area contributed by atoms with Crippen molar-refractivity contribution >= 4 is 44.3 Å². The number of aliphatic hydroxyl groups excluding tert-OH is 1. The molecular weight excluding hydrogens is 338 g/mol. The van der Waals surface area contributed by atoms with Crippen LogP contribution in [0.4, 0.5) is 5.69 Å². The molecule has 0 spiro atoms. The van der Waals surface area contributed by atoms with Crippen molar-refractivity contribution in [3.05, 3.63) is 40.6 Å². The summed E-state index contributed by atoms with van der Waals surface area (Å²) in [6.45, 7) is -0.251. The maximum Gasteiger partial charge on any atom is 0.277 e. The number of carbonyl (C=O) groups is 2. The van der Waals surface area contributed by atoms with Crippen molar-refractivity contribution in [1.29, 1.82) is 0 Å². The lowest BCUT2D eigenvalue weighted by molar-refractivity contribution is -0.137. The summed E-state index contributed by atoms with van der Waals surface area (Å²) >= 11 is 3.45. The standard InChI is InChI=1S/C14H12BrN3O3/c15-10-6-9(5-8-1-2-16-13(8)10)17-11-7-12(20)18(3-4-19)14(11)21/h1-2,5-7,16-17,19H,3-4H2. The maximum absolute atomic E-state index is 12.1. The summed E-state index contributed by atoms with van der Waals surface area (Å²) in [6, 6.07) is 5.62. The van der Waals surface area contributed by atoms with Gasteiger partial charge in [0.15, 0.2) is 0 Å². The lowest BCUT2D eigenvalue weighted by Crippen LogP contribution is -2.34. The van der Waals surface area contributed by atoms with E-state index in [4.69, 9.17) is 5.11 Å². The number of H-pyrrole nitrogens is 1. The molecule has 21 heavy (non-hydrogen) atoms. The molecule has 6 nitrogen and oxygen atoms in total. The maximum atomic E-state index is 12.1. The van der Waals surface area contributed by atoms with Gasteiger partial charge in [-0.25, -0.2) is 0 Å². The molecule has 1 aromatic heterocycles. The number of β-amino-alcohol motifs (C(OH)–C–C–N with tert-alkyl or cyclic N) is 1. The van der Waals surface area contributed by atoms with Gasteiger partial charge in [-0.3, -0.25) is 14.5 Å². The van der Waals surface area contributed by atoms with Gasteiger partial charge in [-0.1, -0.05) is 0 Å². The van der Waals surface area contributed by atoms with Crippen molar-refractivity contribution in [1.82, 2.24) is 9.88 Å². The van der Waals surface area contributed by atoms with Gasteiger partial charge in [-0.2, -0.15) is 0 Å². The van der Waals surface area contributed by atoms with E-state index in [1.165, 1.54) is 6.08 Å². The highest BCUT2D eigenvalue weighted by atomic mass is 79.9. The van der Waals surface area contributed by atoms with Crippen LogP contribution in [0.25, 0.3) is 10.9 Å². The normalized spacial score (nSPS) is 15.0. The Hall–Kier alpha value is -2.12. The van der Waals surface area contributed by atoms with Gasteiger partial charge in [0.05, 0.1) is 18.7 Å². The molecule has 0 atom stereocenters. The quantitative estimate of drug-likeness (QED) is 0.731. The monoisotopic (exact) mass is 349 g/mol. The Kier molecular flexibility index (Phi) is 3.52. The highest BCUT2D eigenvalue weighted by Crippen LogP contribution is 2.28. The van der Waals surface area contributed by atoms with Gasteiger partial charge in [-0.05, 0) is 34.1 Å². The summed E-state index contributed by atoms with van der Waals surface area (Å²) in [7, 11) is 0. The number of halogens is 1. The van der Waals surface area contributed by atoms with Crippen LogP contribution in [0, 0.1) is 0 Å². The Labute approximate surface area is 128 Å². The molecule has 0 saturated carbocycles. The molecule has 1 aliphatic heterocycles. The SMILES string of the molecule is O=C1C=C(Nc2cc(Br)c3[nH]ccc3c2)C(=O)N1CCO. The number of aromatic nitrogens is 1. The molecule has 0 bridgehead atoms. The van der Waals surface area contributed by atoms with E-state index in [-0.39, 0.29) is 18.8 Å². The number of imide groups is 1. The van der Waals surface area contributed by atoms with Gasteiger partial charge >= 0.3 is 0 Å². The fourth-order valence-electron chi connectivity index (χ4n) is 2.26. The molecular formula is C14H12BrN3O3. The van der Waals surface area contributed by atoms with Crippen LogP contribution in [0.15, 0.2) is 40.6 Å². The first-order valence-electron chi connectivity index (χ1n) is 6.32. The molecule has 7 heteroatoms. The third-order valence-corrected chi connectivity index (χ3v) is 3.85. The zero-order valence-corrected chi connectivity index (χ0v) is 12.5. The molecule has 3 rings (SSSR count). The highest BCUT2D eigenvalue weighted by Gasteiger charge is 2.30. The lowest BCUT2D eigenvalue weighted by Gasteiger charge is -2.13. The summed E-state index contributed by atoms with van der Waals surface area (Å²) in [4.78, 5) is 27.8. The van der Waals surface area contributed by atoms with Gasteiger partial charge in [0.25, 0.3) is 11.8 Å². The van der Waals surface area contributed by atoms with Crippen molar-refractivity contribution in [3.8, 4) is 0 Å². The van der Waals surface area contributed by atoms with E-state index >= 15 is 0 Å². The number of hydrogen-bond acceptors (Lipinski definition) is 4. The van der Waals surface area contributed by atoms with Crippen LogP contribution in [0.2, 0.25) is 0 Å². The number of rotatable bonds is 4. The van der Waals surface area contributed by atoms with E-state index in [2.05, 4.69) is 26.2 Å². The topological polar surface area (TPSA) is 85.4 Å². The van der Waals surface area contributed by atoms with Crippen molar-refractivity contribution < 1.29 is 14.7 Å². The summed E-state index contributed by atoms with van der Waals surface area (Å²) in [6.07, 6.45) is 3.07. The average molecular weight is 350 g/mol. The van der Waals surface area contributed by atoms with Crippen LogP contribution in [-0.2, 0) is 9.59 Å². The summed E-state index contributed by atoms with van der Waals surface area (Å²) < 4.78 is 0.858. The largest absolute Gasteiger partial charge is 0.395 e. The zero-order chi connectivity index (χ0) is 15.0. The minimum atomic E-state index is -0.431. The van der Waals surface area contributed by atoms with Gasteiger partial charge in [0.1, 0.15) is 5.70 Å². The van der Waals surface area contributed by atoms with Crippen LogP contribution in [-0.4, -0.2) is 40.0 Å². The molecule has 2 amide bonds. The molecule has 3 N–H and O–H groups in total. The van der Waals surface area contributed by atoms with Gasteiger partial charge in [0, 0.05) is 27.8 Å². The fraction of sp³-hybridized carbons (Fsp3) is 0.143. The molecule has 0 radical (unpaired) electrons. The number of nitrogens with one attached hydrogen (secondary N) is 2. The minimum absolute atomic E-state index is 0.000112. The number of aromatic amines is 1. The van der Waals surface area contributed by atoms with Gasteiger partial charge in [0.2, 0.25) is 0 Å². The Morgan fingerprint density at radius 2 is 2.14 bits per heavy atom. The molecule has 1 aromatic carbocycles. The Balaban J connectivity index is 1.87. The minimum Gasteiger partial charge on any atom is -0.395 e. The zero-order valence-electron chi connectivity index (χ0n) is 10.9. The van der Waals surface area contributed by atoms with Crippen LogP contribution in [0.5, 0.6) is 0 Å². The predicted octanol–water partition coefficient (Wildman–Crippen LogP) is 1.59. The third kappa shape index (κ3) is 2.45. The van der Waals surface area contributed by atoms with Crippen molar-refractivity contribution in [2.24, 2.45) is 0 Å². The summed E-state index contributed by atoms with van der Waals surface area (Å²) in [5, 5.41) is 12.8. The number of amides is 2. The average Bonchev–Trinajstić information content (AvgIpc) is 3.00. The fourth-order valence-corrected chi connectivity index (χ4v) is 2.85. The predicted molar refractivity (Wildman–Crippen MR) is 81.5 cm³/mol. The van der Waals surface area contributed by atoms with Gasteiger partial charge in [-0.15, -0.1) is 0 Å². The number of fused-ring (bicyclic) bond motifs is 1. The van der Waals surface area contributed by atoms with Crippen LogP contribution in [0.3, 0.4) is 0 Å². The van der Waals surface area contributed by atoms with Crippen LogP contribution >= 0.6 is 15.9 Å². The first-order valence-corrected chi connectivity index (χ1v) is 7.11. The van der Waals surface area contributed by atoms with Crippen LogP contribution < -0.4 is 5.32 Å². The number of benzene rings is 1. The van der Waals surface area contributed by atoms with E-state index in [0.717, 1.165) is 20.3 Å². The first kappa shape index (κ1) is 13.8. The summed E-state index contributed by atoms with van der Waals surface area (Å²) in [5.41, 5.74) is 1.87. The van der Waals surface area contributed by atoms with E-state index in [1.54, 1.807) is 0 Å². The molecule has 108 valence electrons. The Morgan fingerprint density at radius 3 is 2.90 bits per heavy atom. The molecule has 2 aromatic rings. The third-order valence-electron chi connectivity index (χ3n) is 3.22. The number of aliphatic hydroxyl groups is 1. The smallest absolute Gasteiger partial charge is 0.277 e. The van der Waals surface area contributed by atoms with Crippen molar-refractivity contribution in [3.63, 3.8) is 0 Å². The molecule has 0 fully saturated rings. The highest BCUT2D eigenvalue weighted by molar-refractivity contribution is 9.10. The molecule has 2 heterocycles. The first-order chi connectivity index (χ1) is 10.1. The van der Waals surface area contributed by atoms with E-state index in [0.29, 0.717) is 5.69 Å². The Morgan fingerprint density at radius 1 is 1.33 bits per heavy atom. The van der Waals surface area contributed by atoms with Gasteiger partial charge < -0.3 is 15.4 Å². The lowest BCUT2D eigenvalue weighted by atomic mass is 10.2. The molecule has 0 unspecified atom stereocenters. The van der Waals surface area contributed by atoms with E-state index in [9.17, 15) is 9.59 Å². The Bertz CT molecular complexity index is 766. The second-order valence-electron chi connectivity index (χ2n) is 4.60.